The highest BCUT2D eigenvalue weighted by Gasteiger charge is 2.28. The molecule has 11 heavy (non-hydrogen) atoms. The monoisotopic (exact) mass is 155 g/mol. The van der Waals surface area contributed by atoms with Crippen molar-refractivity contribution in [3.05, 3.63) is 0 Å². The molecule has 0 bridgehead atoms. The second-order valence-corrected chi connectivity index (χ2v) is 3.77. The van der Waals surface area contributed by atoms with E-state index < -0.39 is 0 Å². The molecular weight excluding hydrogens is 138 g/mol. The average molecular weight is 155 g/mol. The number of carbonyl (C=O) groups excluding carboxylic acids is 1. The van der Waals surface area contributed by atoms with Crippen LogP contribution in [0.1, 0.15) is 45.4 Å². The van der Waals surface area contributed by atoms with E-state index in [1.165, 1.54) is 12.8 Å². The Morgan fingerprint density at radius 1 is 1.45 bits per heavy atom. The van der Waals surface area contributed by atoms with Gasteiger partial charge in [0.25, 0.3) is 0 Å². The van der Waals surface area contributed by atoms with Crippen LogP contribution in [0, 0.1) is 0 Å². The van der Waals surface area contributed by atoms with Crippen molar-refractivity contribution in [1.29, 1.82) is 0 Å². The summed E-state index contributed by atoms with van der Waals surface area (Å²) in [5, 5.41) is 0. The maximum atomic E-state index is 10.7. The highest BCUT2D eigenvalue weighted by molar-refractivity contribution is 5.75. The second-order valence-electron chi connectivity index (χ2n) is 3.77. The van der Waals surface area contributed by atoms with Gasteiger partial charge in [0.05, 0.1) is 0 Å². The summed E-state index contributed by atoms with van der Waals surface area (Å²) in [6.45, 7) is 1.64. The SMILES string of the molecule is CC(=O)CCC1(N)CCCC1. The Bertz CT molecular complexity index is 148. The van der Waals surface area contributed by atoms with E-state index in [0.717, 1.165) is 19.3 Å². The molecule has 1 rings (SSSR count). The third-order valence-electron chi connectivity index (χ3n) is 2.57. The van der Waals surface area contributed by atoms with Crippen LogP contribution in [-0.4, -0.2) is 11.3 Å². The molecule has 0 heterocycles. The lowest BCUT2D eigenvalue weighted by atomic mass is 9.92. The van der Waals surface area contributed by atoms with E-state index >= 15 is 0 Å². The molecule has 2 nitrogen and oxygen atoms in total. The van der Waals surface area contributed by atoms with E-state index in [1.54, 1.807) is 6.92 Å². The van der Waals surface area contributed by atoms with Crippen LogP contribution in [0.3, 0.4) is 0 Å². The summed E-state index contributed by atoms with van der Waals surface area (Å²) in [5.74, 6) is 0.265. The molecule has 0 atom stereocenters. The molecule has 0 aromatic heterocycles. The lowest BCUT2D eigenvalue weighted by Gasteiger charge is -2.22. The van der Waals surface area contributed by atoms with Gasteiger partial charge in [0.2, 0.25) is 0 Å². The van der Waals surface area contributed by atoms with Crippen molar-refractivity contribution in [2.45, 2.75) is 51.0 Å². The minimum absolute atomic E-state index is 0.00563. The lowest BCUT2D eigenvalue weighted by Crippen LogP contribution is -2.36. The average Bonchev–Trinajstić information content (AvgIpc) is 2.33. The van der Waals surface area contributed by atoms with Crippen LogP contribution in [0.4, 0.5) is 0 Å². The van der Waals surface area contributed by atoms with E-state index in [-0.39, 0.29) is 11.3 Å². The van der Waals surface area contributed by atoms with Gasteiger partial charge in [-0.2, -0.15) is 0 Å². The smallest absolute Gasteiger partial charge is 0.129 e. The molecule has 2 N–H and O–H groups in total. The lowest BCUT2D eigenvalue weighted by molar-refractivity contribution is -0.117. The summed E-state index contributed by atoms with van der Waals surface area (Å²) in [5.41, 5.74) is 6.06. The standard InChI is InChI=1S/C9H17NO/c1-8(11)4-7-9(10)5-2-3-6-9/h2-7,10H2,1H3. The van der Waals surface area contributed by atoms with Crippen molar-refractivity contribution < 1.29 is 4.79 Å². The van der Waals surface area contributed by atoms with Gasteiger partial charge >= 0.3 is 0 Å². The van der Waals surface area contributed by atoms with Gasteiger partial charge in [-0.05, 0) is 26.2 Å². The summed E-state index contributed by atoms with van der Waals surface area (Å²) in [4.78, 5) is 10.7. The molecule has 0 saturated heterocycles. The van der Waals surface area contributed by atoms with E-state index in [9.17, 15) is 4.79 Å². The Morgan fingerprint density at radius 3 is 2.45 bits per heavy atom. The van der Waals surface area contributed by atoms with Gasteiger partial charge in [-0.15, -0.1) is 0 Å². The Hall–Kier alpha value is -0.370. The van der Waals surface area contributed by atoms with Gasteiger partial charge in [-0.3, -0.25) is 0 Å². The molecule has 1 fully saturated rings. The highest BCUT2D eigenvalue weighted by Crippen LogP contribution is 2.30. The van der Waals surface area contributed by atoms with Crippen LogP contribution >= 0.6 is 0 Å². The van der Waals surface area contributed by atoms with E-state index in [4.69, 9.17) is 5.73 Å². The van der Waals surface area contributed by atoms with Crippen LogP contribution in [0.15, 0.2) is 0 Å². The highest BCUT2D eigenvalue weighted by atomic mass is 16.1. The number of ketones is 1. The molecule has 1 saturated carbocycles. The predicted octanol–water partition coefficient (Wildman–Crippen LogP) is 1.63. The molecule has 64 valence electrons. The molecule has 0 aromatic carbocycles. The third kappa shape index (κ3) is 2.62. The minimum Gasteiger partial charge on any atom is -0.325 e. The fourth-order valence-electron chi connectivity index (χ4n) is 1.75. The summed E-state index contributed by atoms with van der Waals surface area (Å²) in [7, 11) is 0. The van der Waals surface area contributed by atoms with Crippen molar-refractivity contribution >= 4 is 5.78 Å². The molecule has 0 unspecified atom stereocenters. The summed E-state index contributed by atoms with van der Waals surface area (Å²) in [6, 6.07) is 0. The fourth-order valence-corrected chi connectivity index (χ4v) is 1.75. The zero-order valence-corrected chi connectivity index (χ0v) is 7.23. The molecule has 2 heteroatoms. The Balaban J connectivity index is 2.28. The van der Waals surface area contributed by atoms with Crippen LogP contribution < -0.4 is 5.73 Å². The van der Waals surface area contributed by atoms with Crippen LogP contribution in [0.25, 0.3) is 0 Å². The normalized spacial score (nSPS) is 22.0. The van der Waals surface area contributed by atoms with E-state index in [2.05, 4.69) is 0 Å². The van der Waals surface area contributed by atoms with Gasteiger partial charge in [0.1, 0.15) is 5.78 Å². The molecule has 1 aliphatic carbocycles. The first-order valence-electron chi connectivity index (χ1n) is 4.41. The predicted molar refractivity (Wildman–Crippen MR) is 45.3 cm³/mol. The summed E-state index contributed by atoms with van der Waals surface area (Å²) in [6.07, 6.45) is 6.27. The maximum absolute atomic E-state index is 10.7. The number of hydrogen-bond acceptors (Lipinski definition) is 2. The molecule has 0 aliphatic heterocycles. The van der Waals surface area contributed by atoms with Crippen molar-refractivity contribution in [3.8, 4) is 0 Å². The van der Waals surface area contributed by atoms with Gasteiger partial charge in [0.15, 0.2) is 0 Å². The summed E-state index contributed by atoms with van der Waals surface area (Å²) >= 11 is 0. The van der Waals surface area contributed by atoms with Gasteiger partial charge in [-0.1, -0.05) is 12.8 Å². The minimum atomic E-state index is 0.00563. The Morgan fingerprint density at radius 2 is 2.00 bits per heavy atom. The number of Topliss-reactive ketones (excluding diaryl/α,β-unsaturated/α-hetero) is 1. The van der Waals surface area contributed by atoms with E-state index in [0.29, 0.717) is 6.42 Å². The second kappa shape index (κ2) is 3.35. The van der Waals surface area contributed by atoms with Crippen LogP contribution in [0.2, 0.25) is 0 Å². The largest absolute Gasteiger partial charge is 0.325 e. The Labute approximate surface area is 68.2 Å². The van der Waals surface area contributed by atoms with Gasteiger partial charge in [0, 0.05) is 12.0 Å². The molecule has 0 radical (unpaired) electrons. The molecule has 0 amide bonds. The van der Waals surface area contributed by atoms with Crippen molar-refractivity contribution in [1.82, 2.24) is 0 Å². The molecule has 0 aromatic rings. The van der Waals surface area contributed by atoms with Crippen molar-refractivity contribution in [2.75, 3.05) is 0 Å². The molecular formula is C9H17NO. The van der Waals surface area contributed by atoms with Crippen molar-refractivity contribution in [3.63, 3.8) is 0 Å². The third-order valence-corrected chi connectivity index (χ3v) is 2.57. The number of rotatable bonds is 3. The maximum Gasteiger partial charge on any atom is 0.129 e. The van der Waals surface area contributed by atoms with E-state index in [1.807, 2.05) is 0 Å². The number of nitrogens with two attached hydrogens (primary N) is 1. The molecule has 0 spiro atoms. The zero-order valence-electron chi connectivity index (χ0n) is 7.23. The first-order valence-corrected chi connectivity index (χ1v) is 4.41. The molecule has 1 aliphatic rings. The van der Waals surface area contributed by atoms with Gasteiger partial charge in [-0.25, -0.2) is 0 Å². The topological polar surface area (TPSA) is 43.1 Å². The summed E-state index contributed by atoms with van der Waals surface area (Å²) < 4.78 is 0. The van der Waals surface area contributed by atoms with Crippen LogP contribution in [-0.2, 0) is 4.79 Å². The number of hydrogen-bond donors (Lipinski definition) is 1. The van der Waals surface area contributed by atoms with Crippen LogP contribution in [0.5, 0.6) is 0 Å². The van der Waals surface area contributed by atoms with Gasteiger partial charge < -0.3 is 10.5 Å². The van der Waals surface area contributed by atoms with Crippen molar-refractivity contribution in [2.24, 2.45) is 5.73 Å². The quantitative estimate of drug-likeness (QED) is 0.673. The zero-order chi connectivity index (χ0) is 8.32. The Kier molecular flexibility index (Phi) is 2.66. The first kappa shape index (κ1) is 8.72. The fraction of sp³-hybridized carbons (Fsp3) is 0.889. The first-order chi connectivity index (χ1) is 5.12. The number of carbonyl (C=O) groups is 1.